The van der Waals surface area contributed by atoms with Crippen molar-refractivity contribution in [1.29, 1.82) is 0 Å². The van der Waals surface area contributed by atoms with Crippen molar-refractivity contribution in [3.8, 4) is 22.9 Å². The fourth-order valence-electron chi connectivity index (χ4n) is 4.10. The Morgan fingerprint density at radius 3 is 2.58 bits per heavy atom. The Kier molecular flexibility index (Phi) is 6.93. The fraction of sp³-hybridized carbons (Fsp3) is 0.269. The number of hydrogen-bond acceptors (Lipinski definition) is 7. The number of carbonyl (C=O) groups is 1. The number of carbonyl (C=O) groups excluding carboxylic acids is 1. The molecule has 0 radical (unpaired) electrons. The van der Waals surface area contributed by atoms with E-state index in [1.165, 1.54) is 11.8 Å². The van der Waals surface area contributed by atoms with Crippen LogP contribution < -0.4 is 14.2 Å². The fourth-order valence-corrected chi connectivity index (χ4v) is 5.04. The second kappa shape index (κ2) is 10.3. The Hall–Kier alpha value is -3.43. The lowest BCUT2D eigenvalue weighted by atomic mass is 10.2. The normalized spacial score (nSPS) is 12.6. The van der Waals surface area contributed by atoms with Gasteiger partial charge in [-0.25, -0.2) is 0 Å². The molecule has 0 amide bonds. The second-order valence-electron chi connectivity index (χ2n) is 8.36. The van der Waals surface area contributed by atoms with Gasteiger partial charge < -0.3 is 23.3 Å². The summed E-state index contributed by atoms with van der Waals surface area (Å²) in [6.45, 7) is 5.28. The summed E-state index contributed by atoms with van der Waals surface area (Å²) in [6, 6.07) is 14.9. The summed E-state index contributed by atoms with van der Waals surface area (Å²) in [5.41, 5.74) is 3.46. The molecular weight excluding hydrogens is 500 g/mol. The van der Waals surface area contributed by atoms with Crippen LogP contribution in [0.4, 0.5) is 0 Å². The molecule has 0 spiro atoms. The molecule has 0 aliphatic carbocycles. The van der Waals surface area contributed by atoms with Gasteiger partial charge in [-0.3, -0.25) is 4.79 Å². The average molecular weight is 525 g/mol. The minimum atomic E-state index is 0.0267. The van der Waals surface area contributed by atoms with Gasteiger partial charge in [0.05, 0.1) is 5.75 Å². The molecule has 2 aromatic carbocycles. The standard InChI is InChI=1S/C26H25ClN4O4S/c1-16-12-21(17(2)31(16)19-6-9-23-24(13-19)34-11-10-33-23)22(32)15-36-26-29-28-25(30(26)3)14-35-20-7-4-18(27)5-8-20/h4-9,12-13H,10-11,14-15H2,1-3H3. The van der Waals surface area contributed by atoms with Gasteiger partial charge in [-0.15, -0.1) is 10.2 Å². The maximum absolute atomic E-state index is 13.2. The van der Waals surface area contributed by atoms with Crippen molar-refractivity contribution >= 4 is 29.1 Å². The highest BCUT2D eigenvalue weighted by atomic mass is 35.5. The largest absolute Gasteiger partial charge is 0.486 e. The molecule has 1 aliphatic heterocycles. The van der Waals surface area contributed by atoms with E-state index >= 15 is 0 Å². The van der Waals surface area contributed by atoms with Crippen LogP contribution in [0, 0.1) is 13.8 Å². The van der Waals surface area contributed by atoms with E-state index in [0.29, 0.717) is 46.3 Å². The van der Waals surface area contributed by atoms with Crippen molar-refractivity contribution in [2.75, 3.05) is 19.0 Å². The van der Waals surface area contributed by atoms with Gasteiger partial charge >= 0.3 is 0 Å². The first-order chi connectivity index (χ1) is 17.4. The minimum absolute atomic E-state index is 0.0267. The van der Waals surface area contributed by atoms with E-state index in [1.54, 1.807) is 24.3 Å². The van der Waals surface area contributed by atoms with Crippen molar-refractivity contribution in [2.45, 2.75) is 25.6 Å². The van der Waals surface area contributed by atoms with Crippen molar-refractivity contribution in [2.24, 2.45) is 7.05 Å². The molecule has 0 unspecified atom stereocenters. The van der Waals surface area contributed by atoms with Crippen LogP contribution in [-0.4, -0.2) is 44.1 Å². The van der Waals surface area contributed by atoms with Crippen LogP contribution in [0.15, 0.2) is 53.7 Å². The quantitative estimate of drug-likeness (QED) is 0.231. The molecular formula is C26H25ClN4O4S. The van der Waals surface area contributed by atoms with E-state index in [1.807, 2.05) is 49.7 Å². The van der Waals surface area contributed by atoms with Crippen LogP contribution in [0.5, 0.6) is 17.2 Å². The van der Waals surface area contributed by atoms with Gasteiger partial charge in [0.1, 0.15) is 25.6 Å². The third kappa shape index (κ3) is 4.94. The third-order valence-corrected chi connectivity index (χ3v) is 7.23. The van der Waals surface area contributed by atoms with Crippen molar-refractivity contribution < 1.29 is 19.0 Å². The summed E-state index contributed by atoms with van der Waals surface area (Å²) in [6.07, 6.45) is 0. The van der Waals surface area contributed by atoms with E-state index in [4.69, 9.17) is 25.8 Å². The molecule has 0 fully saturated rings. The molecule has 186 valence electrons. The topological polar surface area (TPSA) is 80.4 Å². The Balaban J connectivity index is 1.26. The SMILES string of the molecule is Cc1cc(C(=O)CSc2nnc(COc3ccc(Cl)cc3)n2C)c(C)n1-c1ccc2c(c1)OCCO2. The first-order valence-electron chi connectivity index (χ1n) is 11.4. The molecule has 5 rings (SSSR count). The van der Waals surface area contributed by atoms with Crippen LogP contribution >= 0.6 is 23.4 Å². The summed E-state index contributed by atoms with van der Waals surface area (Å²) in [5, 5.41) is 9.75. The van der Waals surface area contributed by atoms with E-state index in [9.17, 15) is 4.79 Å². The molecule has 0 N–H and O–H groups in total. The maximum Gasteiger partial charge on any atom is 0.191 e. The van der Waals surface area contributed by atoms with E-state index in [2.05, 4.69) is 14.8 Å². The molecule has 0 bridgehead atoms. The Labute approximate surface area is 218 Å². The molecule has 1 aliphatic rings. The highest BCUT2D eigenvalue weighted by Crippen LogP contribution is 2.33. The Bertz CT molecular complexity index is 1410. The monoisotopic (exact) mass is 524 g/mol. The van der Waals surface area contributed by atoms with E-state index in [0.717, 1.165) is 22.8 Å². The van der Waals surface area contributed by atoms with Gasteiger partial charge in [0.2, 0.25) is 0 Å². The molecule has 8 nitrogen and oxygen atoms in total. The first-order valence-corrected chi connectivity index (χ1v) is 12.8. The summed E-state index contributed by atoms with van der Waals surface area (Å²) >= 11 is 7.27. The van der Waals surface area contributed by atoms with Crippen molar-refractivity contribution in [3.63, 3.8) is 0 Å². The summed E-state index contributed by atoms with van der Waals surface area (Å²) in [4.78, 5) is 13.2. The number of halogens is 1. The number of ketones is 1. The predicted molar refractivity (Wildman–Crippen MR) is 138 cm³/mol. The molecule has 36 heavy (non-hydrogen) atoms. The molecule has 0 saturated carbocycles. The van der Waals surface area contributed by atoms with Gasteiger partial charge in [-0.05, 0) is 56.3 Å². The second-order valence-corrected chi connectivity index (χ2v) is 9.74. The highest BCUT2D eigenvalue weighted by molar-refractivity contribution is 7.99. The number of Topliss-reactive ketones (excluding diaryl/α,β-unsaturated/α-hetero) is 1. The molecule has 2 aromatic heterocycles. The number of thioether (sulfide) groups is 1. The van der Waals surface area contributed by atoms with Gasteiger partial charge in [0.25, 0.3) is 0 Å². The van der Waals surface area contributed by atoms with Crippen LogP contribution in [0.1, 0.15) is 27.6 Å². The Morgan fingerprint density at radius 1 is 1.06 bits per heavy atom. The van der Waals surface area contributed by atoms with Crippen molar-refractivity contribution in [1.82, 2.24) is 19.3 Å². The lowest BCUT2D eigenvalue weighted by Crippen LogP contribution is -2.15. The summed E-state index contributed by atoms with van der Waals surface area (Å²) < 4.78 is 21.0. The number of nitrogens with zero attached hydrogens (tertiary/aromatic N) is 4. The first kappa shape index (κ1) is 24.3. The van der Waals surface area contributed by atoms with Gasteiger partial charge in [-0.1, -0.05) is 23.4 Å². The zero-order valence-electron chi connectivity index (χ0n) is 20.2. The number of hydrogen-bond donors (Lipinski definition) is 0. The lowest BCUT2D eigenvalue weighted by molar-refractivity contribution is 0.102. The van der Waals surface area contributed by atoms with Crippen molar-refractivity contribution in [3.05, 3.63) is 76.3 Å². The minimum Gasteiger partial charge on any atom is -0.486 e. The predicted octanol–water partition coefficient (Wildman–Crippen LogP) is 5.20. The number of benzene rings is 2. The zero-order valence-corrected chi connectivity index (χ0v) is 21.7. The van der Waals surface area contributed by atoms with Crippen LogP contribution in [0.25, 0.3) is 5.69 Å². The van der Waals surface area contributed by atoms with Gasteiger partial charge in [-0.2, -0.15) is 0 Å². The number of aromatic nitrogens is 4. The number of fused-ring (bicyclic) bond motifs is 1. The smallest absolute Gasteiger partial charge is 0.191 e. The van der Waals surface area contributed by atoms with E-state index < -0.39 is 0 Å². The van der Waals surface area contributed by atoms with E-state index in [-0.39, 0.29) is 18.1 Å². The number of aryl methyl sites for hydroxylation is 1. The molecule has 3 heterocycles. The van der Waals surface area contributed by atoms with Gasteiger partial charge in [0, 0.05) is 40.8 Å². The van der Waals surface area contributed by atoms with Crippen LogP contribution in [0.2, 0.25) is 5.02 Å². The molecule has 0 atom stereocenters. The number of rotatable bonds is 8. The summed E-state index contributed by atoms with van der Waals surface area (Å²) in [5.74, 6) is 3.08. The van der Waals surface area contributed by atoms with Crippen LogP contribution in [0.3, 0.4) is 0 Å². The molecule has 10 heteroatoms. The molecule has 4 aromatic rings. The Morgan fingerprint density at radius 2 is 1.81 bits per heavy atom. The summed E-state index contributed by atoms with van der Waals surface area (Å²) in [7, 11) is 1.86. The number of ether oxygens (including phenoxy) is 3. The third-order valence-electron chi connectivity index (χ3n) is 5.95. The highest BCUT2D eigenvalue weighted by Gasteiger charge is 2.20. The molecule has 0 saturated heterocycles. The van der Waals surface area contributed by atoms with Gasteiger partial charge in [0.15, 0.2) is 28.3 Å². The lowest BCUT2D eigenvalue weighted by Gasteiger charge is -2.20. The average Bonchev–Trinajstić information content (AvgIpc) is 3.39. The zero-order chi connectivity index (χ0) is 25.2. The van der Waals surface area contributed by atoms with Crippen LogP contribution in [-0.2, 0) is 13.7 Å². The maximum atomic E-state index is 13.2.